The first kappa shape index (κ1) is 51.5. The number of carbonyl (C=O) groups is 2. The zero-order valence-corrected chi connectivity index (χ0v) is 45.0. The summed E-state index contributed by atoms with van der Waals surface area (Å²) in [5.74, 6) is 0.679. The molecule has 4 aliphatic rings. The van der Waals surface area contributed by atoms with Crippen molar-refractivity contribution in [2.75, 3.05) is 41.7 Å². The number of amides is 4. The van der Waals surface area contributed by atoms with Crippen molar-refractivity contribution >= 4 is 66.7 Å². The molecule has 0 spiro atoms. The van der Waals surface area contributed by atoms with Gasteiger partial charge in [0, 0.05) is 116 Å². The van der Waals surface area contributed by atoms with Gasteiger partial charge in [-0.05, 0) is 82.7 Å². The molecule has 17 heteroatoms. The van der Waals surface area contributed by atoms with E-state index >= 15 is 0 Å². The quantitative estimate of drug-likeness (QED) is 0.0748. The normalized spacial score (nSPS) is 14.2. The van der Waals surface area contributed by atoms with E-state index in [1.165, 1.54) is 35.2 Å². The second-order valence-electron chi connectivity index (χ2n) is 19.0. The molecule has 0 radical (unpaired) electrons. The first-order valence-corrected chi connectivity index (χ1v) is 27.1. The number of aromatic amines is 3. The number of hydrogen-bond donors (Lipinski definition) is 8. The zero-order chi connectivity index (χ0) is 52.4. The van der Waals surface area contributed by atoms with Gasteiger partial charge in [0.15, 0.2) is 0 Å². The van der Waals surface area contributed by atoms with Crippen LogP contribution in [-0.2, 0) is 38.9 Å². The average molecular weight is 1140 g/mol. The first-order valence-electron chi connectivity index (χ1n) is 25.5. The van der Waals surface area contributed by atoms with Gasteiger partial charge in [0.05, 0.1) is 41.5 Å². The van der Waals surface area contributed by atoms with Gasteiger partial charge in [-0.1, -0.05) is 131 Å². The third-order valence-corrected chi connectivity index (χ3v) is 14.9. The first-order chi connectivity index (χ1) is 37.1. The van der Waals surface area contributed by atoms with Gasteiger partial charge < -0.3 is 37.2 Å². The van der Waals surface area contributed by atoms with Crippen molar-refractivity contribution in [3.63, 3.8) is 0 Å². The van der Waals surface area contributed by atoms with Gasteiger partial charge in [0.2, 0.25) is 0 Å². The Hall–Kier alpha value is -7.99. The number of urea groups is 2. The van der Waals surface area contributed by atoms with E-state index in [0.717, 1.165) is 103 Å². The lowest BCUT2D eigenvalue weighted by Gasteiger charge is -2.27. The summed E-state index contributed by atoms with van der Waals surface area (Å²) in [4.78, 5) is 29.1. The molecule has 0 atom stereocenters. The van der Waals surface area contributed by atoms with Crippen molar-refractivity contribution in [2.24, 2.45) is 0 Å². The Bertz CT molecular complexity index is 3390. The highest BCUT2D eigenvalue weighted by molar-refractivity contribution is 9.10. The van der Waals surface area contributed by atoms with Gasteiger partial charge in [-0.2, -0.15) is 15.3 Å². The standard InChI is InChI=1S/C22H22N4O.C19H17BrN4O.C12H13N3.C6H7BrN2/c27-22(23-18-8-4-7-17(13-18)15-9-10-15)26-12-11-20-19(14-26)21(25-24-20)16-5-2-1-3-6-16;20-14-7-4-8-15(11-14)21-19(25)24-10-9-17-16(12-24)18(23-22-17)13-5-2-1-3-6-13;1-2-4-9(5-3-1)12-10-8-13-7-6-11(10)14-15-12;7-4-2-1-3-5(8)6(4)9/h1-8,13,15H,9-12,14H2,(H,23,27)(H,24,25);1-8,11H,9-10,12H2,(H,21,25)(H,22,23);1-5,13H,6-8H2,(H,14,15);1-3H,8-9H2. The minimum Gasteiger partial charge on any atom is -0.397 e. The van der Waals surface area contributed by atoms with Crippen LogP contribution in [0.25, 0.3) is 33.8 Å². The molecule has 6 heterocycles. The average Bonchev–Trinajstić information content (AvgIpc) is 3.87. The van der Waals surface area contributed by atoms with Crippen molar-refractivity contribution in [3.8, 4) is 33.8 Å². The number of benzene rings is 6. The van der Waals surface area contributed by atoms with Crippen LogP contribution in [-0.4, -0.2) is 72.1 Å². The molecule has 1 saturated carbocycles. The zero-order valence-electron chi connectivity index (χ0n) is 41.8. The van der Waals surface area contributed by atoms with E-state index in [0.29, 0.717) is 43.5 Å². The Kier molecular flexibility index (Phi) is 16.3. The highest BCUT2D eigenvalue weighted by Gasteiger charge is 2.28. The Labute approximate surface area is 458 Å². The Morgan fingerprint density at radius 1 is 0.539 bits per heavy atom. The lowest BCUT2D eigenvalue weighted by molar-refractivity contribution is 0.205. The molecule has 0 bridgehead atoms. The molecule has 15 nitrogen and oxygen atoms in total. The second-order valence-corrected chi connectivity index (χ2v) is 20.7. The summed E-state index contributed by atoms with van der Waals surface area (Å²) in [6.07, 6.45) is 5.14. The molecule has 6 aromatic carbocycles. The van der Waals surface area contributed by atoms with Crippen LogP contribution in [0.5, 0.6) is 0 Å². The number of fused-ring (bicyclic) bond motifs is 3. The predicted octanol–water partition coefficient (Wildman–Crippen LogP) is 12.3. The van der Waals surface area contributed by atoms with E-state index < -0.39 is 0 Å². The summed E-state index contributed by atoms with van der Waals surface area (Å²) >= 11 is 6.66. The maximum Gasteiger partial charge on any atom is 0.322 e. The number of nitrogens with one attached hydrogen (secondary N) is 6. The largest absolute Gasteiger partial charge is 0.397 e. The van der Waals surface area contributed by atoms with Gasteiger partial charge in [0.1, 0.15) is 0 Å². The lowest BCUT2D eigenvalue weighted by Crippen LogP contribution is -2.38. The molecule has 9 aromatic rings. The summed E-state index contributed by atoms with van der Waals surface area (Å²) in [6.45, 7) is 4.46. The number of rotatable bonds is 6. The van der Waals surface area contributed by atoms with Crippen LogP contribution in [0.3, 0.4) is 0 Å². The molecule has 3 aliphatic heterocycles. The molecule has 386 valence electrons. The van der Waals surface area contributed by atoms with E-state index in [4.69, 9.17) is 11.5 Å². The maximum atomic E-state index is 12.8. The minimum atomic E-state index is -0.0936. The van der Waals surface area contributed by atoms with Crippen LogP contribution in [0.4, 0.5) is 32.3 Å². The highest BCUT2D eigenvalue weighted by Crippen LogP contribution is 2.41. The number of nitrogen functional groups attached to an aromatic ring is 2. The third kappa shape index (κ3) is 12.6. The summed E-state index contributed by atoms with van der Waals surface area (Å²) < 4.78 is 1.79. The van der Waals surface area contributed by atoms with Gasteiger partial charge in [-0.3, -0.25) is 15.3 Å². The van der Waals surface area contributed by atoms with Crippen molar-refractivity contribution in [3.05, 3.63) is 206 Å². The van der Waals surface area contributed by atoms with E-state index in [1.807, 2.05) is 125 Å². The van der Waals surface area contributed by atoms with Gasteiger partial charge in [-0.15, -0.1) is 0 Å². The van der Waals surface area contributed by atoms with E-state index in [1.54, 1.807) is 6.07 Å². The predicted molar refractivity (Wildman–Crippen MR) is 309 cm³/mol. The highest BCUT2D eigenvalue weighted by atomic mass is 79.9. The molecular weight excluding hydrogens is 1080 g/mol. The Morgan fingerprint density at radius 3 is 1.50 bits per heavy atom. The number of anilines is 4. The molecule has 1 aliphatic carbocycles. The monoisotopic (exact) mass is 1140 g/mol. The minimum absolute atomic E-state index is 0.0474. The van der Waals surface area contributed by atoms with Crippen LogP contribution >= 0.6 is 31.9 Å². The van der Waals surface area contributed by atoms with Crippen molar-refractivity contribution < 1.29 is 9.59 Å². The van der Waals surface area contributed by atoms with E-state index in [9.17, 15) is 9.59 Å². The fraction of sp³-hybridized carbons (Fsp3) is 0.203. The Balaban J connectivity index is 0.000000123. The van der Waals surface area contributed by atoms with Crippen LogP contribution < -0.4 is 27.4 Å². The van der Waals surface area contributed by atoms with Crippen LogP contribution in [0.2, 0.25) is 0 Å². The molecule has 1 fully saturated rings. The second kappa shape index (κ2) is 24.1. The molecule has 3 aromatic heterocycles. The number of carbonyl (C=O) groups excluding carboxylic acids is 2. The number of para-hydroxylation sites is 1. The van der Waals surface area contributed by atoms with Crippen molar-refractivity contribution in [2.45, 2.75) is 57.7 Å². The third-order valence-electron chi connectivity index (χ3n) is 13.7. The molecule has 0 saturated heterocycles. The fourth-order valence-electron chi connectivity index (χ4n) is 9.48. The number of aromatic nitrogens is 6. The van der Waals surface area contributed by atoms with E-state index in [-0.39, 0.29) is 12.1 Å². The van der Waals surface area contributed by atoms with Crippen LogP contribution in [0.1, 0.15) is 58.1 Å². The van der Waals surface area contributed by atoms with Gasteiger partial charge >= 0.3 is 12.1 Å². The van der Waals surface area contributed by atoms with Gasteiger partial charge in [-0.25, -0.2) is 9.59 Å². The van der Waals surface area contributed by atoms with Gasteiger partial charge in [0.25, 0.3) is 0 Å². The maximum absolute atomic E-state index is 12.8. The SMILES string of the molecule is Nc1cccc(Br)c1N.O=C(Nc1cccc(Br)c1)N1CCc2[nH]nc(-c3ccccc3)c2C1.O=C(Nc1cccc(C2CC2)c1)N1CCc2[nH]nc(-c3ccccc3)c2C1.c1ccc(-c2n[nH]c3c2CNCC3)cc1. The van der Waals surface area contributed by atoms with Crippen molar-refractivity contribution in [1.29, 1.82) is 0 Å². The van der Waals surface area contributed by atoms with Crippen molar-refractivity contribution in [1.82, 2.24) is 45.7 Å². The van der Waals surface area contributed by atoms with E-state index in [2.05, 4.69) is 115 Å². The van der Waals surface area contributed by atoms with Crippen LogP contribution in [0, 0.1) is 0 Å². The molecule has 4 amide bonds. The summed E-state index contributed by atoms with van der Waals surface area (Å²) in [6, 6.07) is 51.7. The summed E-state index contributed by atoms with van der Waals surface area (Å²) in [7, 11) is 0. The lowest BCUT2D eigenvalue weighted by atomic mass is 10.0. The fourth-order valence-corrected chi connectivity index (χ4v) is 10.3. The topological polar surface area (TPSA) is 215 Å². The number of nitrogens with two attached hydrogens (primary N) is 2. The number of nitrogens with zero attached hydrogens (tertiary/aromatic N) is 5. The number of halogens is 2. The van der Waals surface area contributed by atoms with Crippen LogP contribution in [0.15, 0.2) is 167 Å². The summed E-state index contributed by atoms with van der Waals surface area (Å²) in [5.41, 5.74) is 28.6. The molecule has 0 unspecified atom stereocenters. The molecule has 10 N–H and O–H groups in total. The molecule has 13 rings (SSSR count). The smallest absolute Gasteiger partial charge is 0.322 e. The summed E-state index contributed by atoms with van der Waals surface area (Å²) in [5, 5.41) is 32.2. The number of H-pyrrole nitrogens is 3. The molecule has 76 heavy (non-hydrogen) atoms. The molecular formula is C59H59Br2N13O2. The Morgan fingerprint density at radius 2 is 1.01 bits per heavy atom. The number of hydrogen-bond acceptors (Lipinski definition) is 8.